The van der Waals surface area contributed by atoms with Crippen molar-refractivity contribution in [2.75, 3.05) is 0 Å². The van der Waals surface area contributed by atoms with Crippen LogP contribution >= 0.6 is 0 Å². The zero-order valence-corrected chi connectivity index (χ0v) is 13.9. The maximum absolute atomic E-state index is 10.3. The van der Waals surface area contributed by atoms with Gasteiger partial charge in [0.2, 0.25) is 0 Å². The van der Waals surface area contributed by atoms with Crippen LogP contribution in [0.15, 0.2) is 48.5 Å². The van der Waals surface area contributed by atoms with Crippen molar-refractivity contribution >= 4 is 46.4 Å². The van der Waals surface area contributed by atoms with Crippen LogP contribution < -0.4 is 10.2 Å². The maximum Gasteiger partial charge on any atom is 2.00 e. The van der Waals surface area contributed by atoms with Crippen LogP contribution in [-0.2, 0) is 0 Å². The first-order chi connectivity index (χ1) is 11.3. The molecular weight excluding hydrogens is 348 g/mol. The molecule has 0 saturated heterocycles. The number of nitrogens with zero attached hydrogens (tertiary/aromatic N) is 2. The van der Waals surface area contributed by atoms with E-state index in [1.807, 2.05) is 0 Å². The van der Waals surface area contributed by atoms with Crippen LogP contribution in [0.25, 0.3) is 0 Å². The number of hydrogen-bond acceptors (Lipinski definition) is 8. The average molecular weight is 357 g/mol. The van der Waals surface area contributed by atoms with Crippen molar-refractivity contribution in [1.82, 2.24) is 0 Å². The van der Waals surface area contributed by atoms with Crippen LogP contribution in [0.1, 0.15) is 20.7 Å². The molecule has 0 fully saturated rings. The molecule has 0 aliphatic rings. The first kappa shape index (κ1) is 21.9. The second-order valence-electron chi connectivity index (χ2n) is 4.12. The molecule has 0 saturated carbocycles. The van der Waals surface area contributed by atoms with Crippen molar-refractivity contribution < 1.29 is 29.6 Å². The molecule has 0 aliphatic heterocycles. The predicted molar refractivity (Wildman–Crippen MR) is 80.6 cm³/mol. The third kappa shape index (κ3) is 6.16. The Labute approximate surface area is 156 Å². The summed E-state index contributed by atoms with van der Waals surface area (Å²) in [5.41, 5.74) is -1.69. The summed E-state index contributed by atoms with van der Waals surface area (Å²) >= 11 is 0. The van der Waals surface area contributed by atoms with Crippen LogP contribution in [0.4, 0.5) is 11.4 Å². The number of hydrogen-bond donors (Lipinski definition) is 0. The number of carboxylic acids is 2. The molecule has 0 amide bonds. The first-order valence-electron chi connectivity index (χ1n) is 6.15. The number of para-hydroxylation sites is 2. The summed E-state index contributed by atoms with van der Waals surface area (Å²) < 4.78 is 0. The monoisotopic (exact) mass is 356 g/mol. The van der Waals surface area contributed by atoms with E-state index in [1.54, 1.807) is 0 Å². The zero-order valence-electron chi connectivity index (χ0n) is 12.5. The van der Waals surface area contributed by atoms with Gasteiger partial charge in [-0.05, 0) is 12.1 Å². The van der Waals surface area contributed by atoms with Gasteiger partial charge < -0.3 is 19.8 Å². The zero-order chi connectivity index (χ0) is 18.3. The van der Waals surface area contributed by atoms with Gasteiger partial charge in [0.15, 0.2) is 0 Å². The van der Waals surface area contributed by atoms with Crippen molar-refractivity contribution in [3.8, 4) is 0 Å². The summed E-state index contributed by atoms with van der Waals surface area (Å²) in [6.45, 7) is 0. The molecule has 0 N–H and O–H groups in total. The van der Waals surface area contributed by atoms with E-state index in [9.17, 15) is 40.0 Å². The Morgan fingerprint density at radius 2 is 0.960 bits per heavy atom. The van der Waals surface area contributed by atoms with E-state index in [0.717, 1.165) is 24.3 Å². The van der Waals surface area contributed by atoms with Crippen LogP contribution in [0.2, 0.25) is 0 Å². The average Bonchev–Trinajstić information content (AvgIpc) is 2.55. The number of carboxylic acid groups (broad SMARTS) is 2. The number of nitro groups is 2. The van der Waals surface area contributed by atoms with Crippen molar-refractivity contribution in [2.24, 2.45) is 0 Å². The van der Waals surface area contributed by atoms with E-state index < -0.39 is 44.3 Å². The Morgan fingerprint density at radius 3 is 1.16 bits per heavy atom. The van der Waals surface area contributed by atoms with Gasteiger partial charge in [-0.25, -0.2) is 0 Å². The fourth-order valence-electron chi connectivity index (χ4n) is 1.61. The fraction of sp³-hybridized carbons (Fsp3) is 0. The summed E-state index contributed by atoms with van der Waals surface area (Å²) in [4.78, 5) is 39.6. The van der Waals surface area contributed by atoms with Crippen LogP contribution in [0.5, 0.6) is 0 Å². The van der Waals surface area contributed by atoms with Crippen molar-refractivity contribution in [1.29, 1.82) is 0 Å². The van der Waals surface area contributed by atoms with E-state index in [0.29, 0.717) is 0 Å². The molecule has 124 valence electrons. The molecule has 0 radical (unpaired) electrons. The number of aromatic carboxylic acids is 2. The minimum atomic E-state index is -1.54. The van der Waals surface area contributed by atoms with Crippen LogP contribution in [0, 0.1) is 20.2 Å². The standard InChI is InChI=1S/2C7H5NO4.Mg/c2*9-7(10)5-3-1-2-4-6(5)8(11)12;/h2*1-4H,(H,9,10);/q;;+2/p-2. The molecule has 0 heterocycles. The largest absolute Gasteiger partial charge is 2.00 e. The normalized spacial score (nSPS) is 8.96. The molecule has 25 heavy (non-hydrogen) atoms. The third-order valence-electron chi connectivity index (χ3n) is 2.64. The number of carbonyl (C=O) groups is 2. The molecule has 2 aromatic rings. The number of nitro benzene ring substituents is 2. The minimum absolute atomic E-state index is 0. The Bertz CT molecular complexity index is 675. The molecule has 10 nitrogen and oxygen atoms in total. The predicted octanol–water partition coefficient (Wildman–Crippen LogP) is -0.464. The van der Waals surface area contributed by atoms with E-state index in [-0.39, 0.29) is 23.1 Å². The molecule has 0 unspecified atom stereocenters. The molecular formula is C14H8MgN2O8. The second-order valence-corrected chi connectivity index (χ2v) is 4.12. The van der Waals surface area contributed by atoms with Crippen molar-refractivity contribution in [3.05, 3.63) is 79.9 Å². The van der Waals surface area contributed by atoms with E-state index in [1.165, 1.54) is 24.3 Å². The second kappa shape index (κ2) is 9.95. The third-order valence-corrected chi connectivity index (χ3v) is 2.64. The molecule has 0 bridgehead atoms. The molecule has 2 aromatic carbocycles. The van der Waals surface area contributed by atoms with E-state index >= 15 is 0 Å². The fourth-order valence-corrected chi connectivity index (χ4v) is 1.61. The minimum Gasteiger partial charge on any atom is -0.545 e. The molecule has 0 spiro atoms. The summed E-state index contributed by atoms with van der Waals surface area (Å²) in [6.07, 6.45) is 0. The topological polar surface area (TPSA) is 167 Å². The Balaban J connectivity index is 0.000000443. The van der Waals surface area contributed by atoms with Gasteiger partial charge in [0.05, 0.1) is 32.9 Å². The molecule has 0 atom stereocenters. The van der Waals surface area contributed by atoms with Gasteiger partial charge in [-0.1, -0.05) is 24.3 Å². The molecule has 11 heteroatoms. The molecule has 0 aliphatic carbocycles. The number of carbonyl (C=O) groups excluding carboxylic acids is 2. The quantitative estimate of drug-likeness (QED) is 0.402. The smallest absolute Gasteiger partial charge is 0.545 e. The number of benzene rings is 2. The van der Waals surface area contributed by atoms with Crippen molar-refractivity contribution in [2.45, 2.75) is 0 Å². The molecule has 0 aromatic heterocycles. The van der Waals surface area contributed by atoms with Gasteiger partial charge in [-0.15, -0.1) is 0 Å². The van der Waals surface area contributed by atoms with Crippen LogP contribution in [0.3, 0.4) is 0 Å². The maximum atomic E-state index is 10.3. The summed E-state index contributed by atoms with van der Waals surface area (Å²) in [7, 11) is 0. The summed E-state index contributed by atoms with van der Waals surface area (Å²) in [5.74, 6) is -3.08. The van der Waals surface area contributed by atoms with Gasteiger partial charge >= 0.3 is 23.1 Å². The SMILES string of the molecule is O=C([O-])c1ccccc1[N+](=O)[O-].O=C([O-])c1ccccc1[N+](=O)[O-].[Mg+2]. The first-order valence-corrected chi connectivity index (χ1v) is 6.15. The Morgan fingerprint density at radius 1 is 0.680 bits per heavy atom. The van der Waals surface area contributed by atoms with Crippen molar-refractivity contribution in [3.63, 3.8) is 0 Å². The molecule has 2 rings (SSSR count). The van der Waals surface area contributed by atoms with Gasteiger partial charge in [-0.2, -0.15) is 0 Å². The van der Waals surface area contributed by atoms with E-state index in [2.05, 4.69) is 0 Å². The van der Waals surface area contributed by atoms with Gasteiger partial charge in [0.25, 0.3) is 11.4 Å². The van der Waals surface area contributed by atoms with Gasteiger partial charge in [-0.3, -0.25) is 20.2 Å². The Hall–Kier alpha value is -3.05. The van der Waals surface area contributed by atoms with Gasteiger partial charge in [0.1, 0.15) is 0 Å². The van der Waals surface area contributed by atoms with E-state index in [4.69, 9.17) is 0 Å². The number of rotatable bonds is 4. The summed E-state index contributed by atoms with van der Waals surface area (Å²) in [5, 5.41) is 41.1. The van der Waals surface area contributed by atoms with Crippen LogP contribution in [-0.4, -0.2) is 44.8 Å². The van der Waals surface area contributed by atoms with Gasteiger partial charge in [0, 0.05) is 12.1 Å². The Kier molecular flexibility index (Phi) is 8.73. The summed E-state index contributed by atoms with van der Waals surface area (Å²) in [6, 6.07) is 10.1.